The third-order valence-electron chi connectivity index (χ3n) is 4.94. The van der Waals surface area contributed by atoms with Gasteiger partial charge in [0.15, 0.2) is 17.4 Å². The smallest absolute Gasteiger partial charge is 0.490 e. The van der Waals surface area contributed by atoms with Crippen molar-refractivity contribution < 1.29 is 45.7 Å². The van der Waals surface area contributed by atoms with Gasteiger partial charge in [0.05, 0.1) is 13.2 Å². The largest absolute Gasteiger partial charge is 0.491 e. The molecule has 1 fully saturated rings. The lowest BCUT2D eigenvalue weighted by Crippen LogP contribution is -2.25. The van der Waals surface area contributed by atoms with E-state index in [1.54, 1.807) is 7.05 Å². The van der Waals surface area contributed by atoms with Gasteiger partial charge in [-0.1, -0.05) is 6.92 Å². The number of aliphatic carboxylic acids is 1. The zero-order chi connectivity index (χ0) is 27.0. The molecule has 0 aliphatic carbocycles. The maximum Gasteiger partial charge on any atom is 0.490 e. The van der Waals surface area contributed by atoms with E-state index in [-0.39, 0.29) is 30.1 Å². The number of carbonyl (C=O) groups is 1. The SMILES string of the molecule is CNc1nc(NCc2cc(F)c(F)c(OC)c2F)nc(NC[C@@H]2OCC[C@@H]2C)n1.O=C(O)C(F)(F)F. The van der Waals surface area contributed by atoms with Crippen LogP contribution in [0.2, 0.25) is 0 Å². The second-order valence-corrected chi connectivity index (χ2v) is 7.45. The van der Waals surface area contributed by atoms with E-state index in [2.05, 4.69) is 42.6 Å². The summed E-state index contributed by atoms with van der Waals surface area (Å²) in [5.41, 5.74) is -0.130. The first kappa shape index (κ1) is 28.7. The molecule has 0 bridgehead atoms. The number of nitrogens with zero attached hydrogens (tertiary/aromatic N) is 3. The molecule has 0 radical (unpaired) electrons. The Morgan fingerprint density at radius 2 is 1.72 bits per heavy atom. The maximum absolute atomic E-state index is 14.3. The third-order valence-corrected chi connectivity index (χ3v) is 4.94. The van der Waals surface area contributed by atoms with E-state index in [0.717, 1.165) is 26.2 Å². The summed E-state index contributed by atoms with van der Waals surface area (Å²) in [6.07, 6.45) is -4.02. The lowest BCUT2D eigenvalue weighted by Gasteiger charge is -2.16. The molecule has 0 saturated carbocycles. The monoisotopic (exact) mass is 526 g/mol. The Balaban J connectivity index is 0.000000572. The number of alkyl halides is 3. The average molecular weight is 526 g/mol. The number of nitrogens with one attached hydrogen (secondary N) is 3. The molecule has 0 unspecified atom stereocenters. The van der Waals surface area contributed by atoms with Crippen LogP contribution in [-0.4, -0.2) is 65.6 Å². The molecule has 16 heteroatoms. The number of ether oxygens (including phenoxy) is 2. The molecule has 1 aliphatic heterocycles. The summed E-state index contributed by atoms with van der Waals surface area (Å²) in [7, 11) is 2.71. The van der Waals surface area contributed by atoms with Crippen LogP contribution >= 0.6 is 0 Å². The minimum atomic E-state index is -5.08. The van der Waals surface area contributed by atoms with Crippen LogP contribution in [0.15, 0.2) is 6.07 Å². The van der Waals surface area contributed by atoms with Gasteiger partial charge in [-0.15, -0.1) is 0 Å². The highest BCUT2D eigenvalue weighted by Crippen LogP contribution is 2.27. The van der Waals surface area contributed by atoms with Gasteiger partial charge in [-0.25, -0.2) is 13.6 Å². The predicted molar refractivity (Wildman–Crippen MR) is 115 cm³/mol. The van der Waals surface area contributed by atoms with Crippen LogP contribution in [0.25, 0.3) is 0 Å². The summed E-state index contributed by atoms with van der Waals surface area (Å²) in [4.78, 5) is 21.5. The quantitative estimate of drug-likeness (QED) is 0.300. The Morgan fingerprint density at radius 1 is 1.14 bits per heavy atom. The molecule has 1 aliphatic rings. The minimum Gasteiger partial charge on any atom is -0.491 e. The van der Waals surface area contributed by atoms with Gasteiger partial charge < -0.3 is 30.5 Å². The van der Waals surface area contributed by atoms with Crippen molar-refractivity contribution in [3.05, 3.63) is 29.1 Å². The zero-order valence-corrected chi connectivity index (χ0v) is 19.3. The molecule has 2 heterocycles. The van der Waals surface area contributed by atoms with Gasteiger partial charge in [-0.05, 0) is 18.4 Å². The highest BCUT2D eigenvalue weighted by molar-refractivity contribution is 5.73. The molecule has 3 rings (SSSR count). The Labute approximate surface area is 201 Å². The summed E-state index contributed by atoms with van der Waals surface area (Å²) in [6.45, 7) is 3.18. The number of rotatable bonds is 8. The predicted octanol–water partition coefficient (Wildman–Crippen LogP) is 3.42. The topological polar surface area (TPSA) is 131 Å². The minimum absolute atomic E-state index is 0.0601. The molecule has 4 N–H and O–H groups in total. The first-order valence-electron chi connectivity index (χ1n) is 10.4. The zero-order valence-electron chi connectivity index (χ0n) is 19.3. The van der Waals surface area contributed by atoms with Crippen LogP contribution in [0.1, 0.15) is 18.9 Å². The Morgan fingerprint density at radius 3 is 2.22 bits per heavy atom. The van der Waals surface area contributed by atoms with Crippen LogP contribution in [0.4, 0.5) is 44.2 Å². The van der Waals surface area contributed by atoms with E-state index in [4.69, 9.17) is 14.6 Å². The molecule has 1 aromatic carbocycles. The number of hydrogen-bond donors (Lipinski definition) is 4. The molecule has 0 spiro atoms. The molecule has 1 saturated heterocycles. The van der Waals surface area contributed by atoms with Crippen molar-refractivity contribution in [1.29, 1.82) is 0 Å². The summed E-state index contributed by atoms with van der Waals surface area (Å²) < 4.78 is 83.5. The van der Waals surface area contributed by atoms with Crippen molar-refractivity contribution >= 4 is 23.8 Å². The van der Waals surface area contributed by atoms with E-state index in [0.29, 0.717) is 18.4 Å². The first-order chi connectivity index (χ1) is 16.9. The van der Waals surface area contributed by atoms with Crippen molar-refractivity contribution in [2.45, 2.75) is 32.2 Å². The molecule has 1 aromatic heterocycles. The van der Waals surface area contributed by atoms with Gasteiger partial charge in [-0.3, -0.25) is 0 Å². The molecule has 2 atom stereocenters. The summed E-state index contributed by atoms with van der Waals surface area (Å²) in [5.74, 6) is -5.96. The van der Waals surface area contributed by atoms with E-state index < -0.39 is 35.3 Å². The summed E-state index contributed by atoms with van der Waals surface area (Å²) in [5, 5.41) is 15.8. The third kappa shape index (κ3) is 7.73. The van der Waals surface area contributed by atoms with Gasteiger partial charge in [0.1, 0.15) is 0 Å². The maximum atomic E-state index is 14.3. The fourth-order valence-corrected chi connectivity index (χ4v) is 2.97. The lowest BCUT2D eigenvalue weighted by atomic mass is 10.0. The second-order valence-electron chi connectivity index (χ2n) is 7.45. The standard InChI is InChI=1S/C18H23F3N6O2.C2HF3O2/c1-9-4-5-29-12(9)8-24-18-26-16(22-2)25-17(27-18)23-7-10-6-11(19)14(21)15(28-3)13(10)20;3-2(4,5)1(6)7/h6,9,12H,4-5,7-8H2,1-3H3,(H3,22,23,24,25,26,27);(H,6,7)/t9-,12-;/m0./s1. The molecular formula is C20H24F6N6O4. The molecule has 36 heavy (non-hydrogen) atoms. The number of anilines is 3. The number of benzene rings is 1. The Hall–Kier alpha value is -3.56. The van der Waals surface area contributed by atoms with Gasteiger partial charge in [0, 0.05) is 32.3 Å². The molecule has 10 nitrogen and oxygen atoms in total. The van der Waals surface area contributed by atoms with E-state index in [1.807, 2.05) is 0 Å². The number of hydrogen-bond acceptors (Lipinski definition) is 9. The van der Waals surface area contributed by atoms with Crippen LogP contribution in [-0.2, 0) is 16.1 Å². The number of methoxy groups -OCH3 is 1. The van der Waals surface area contributed by atoms with E-state index in [1.165, 1.54) is 0 Å². The number of aromatic nitrogens is 3. The van der Waals surface area contributed by atoms with Crippen LogP contribution in [0, 0.1) is 23.4 Å². The Bertz CT molecular complexity index is 1060. The lowest BCUT2D eigenvalue weighted by molar-refractivity contribution is -0.192. The molecule has 0 amide bonds. The van der Waals surface area contributed by atoms with Crippen molar-refractivity contribution in [3.8, 4) is 5.75 Å². The van der Waals surface area contributed by atoms with Crippen LogP contribution in [0.5, 0.6) is 5.75 Å². The first-order valence-corrected chi connectivity index (χ1v) is 10.4. The van der Waals surface area contributed by atoms with E-state index in [9.17, 15) is 26.3 Å². The highest BCUT2D eigenvalue weighted by atomic mass is 19.4. The Kier molecular flexibility index (Phi) is 9.89. The molecular weight excluding hydrogens is 502 g/mol. The normalized spacial score (nSPS) is 17.1. The van der Waals surface area contributed by atoms with Crippen LogP contribution < -0.4 is 20.7 Å². The van der Waals surface area contributed by atoms with Crippen molar-refractivity contribution in [3.63, 3.8) is 0 Å². The summed E-state index contributed by atoms with van der Waals surface area (Å²) in [6, 6.07) is 0.762. The molecule has 200 valence electrons. The second kappa shape index (κ2) is 12.4. The summed E-state index contributed by atoms with van der Waals surface area (Å²) >= 11 is 0. The van der Waals surface area contributed by atoms with Gasteiger partial charge in [-0.2, -0.15) is 32.5 Å². The number of carboxylic acids is 1. The van der Waals surface area contributed by atoms with Gasteiger partial charge in [0.25, 0.3) is 0 Å². The van der Waals surface area contributed by atoms with Crippen LogP contribution in [0.3, 0.4) is 0 Å². The number of carboxylic acid groups (broad SMARTS) is 1. The van der Waals surface area contributed by atoms with Gasteiger partial charge >= 0.3 is 12.1 Å². The van der Waals surface area contributed by atoms with Crippen molar-refractivity contribution in [2.24, 2.45) is 5.92 Å². The van der Waals surface area contributed by atoms with Crippen molar-refractivity contribution in [2.75, 3.05) is 43.3 Å². The average Bonchev–Trinajstić information content (AvgIpc) is 3.23. The number of halogens is 6. The highest BCUT2D eigenvalue weighted by Gasteiger charge is 2.38. The molecule has 2 aromatic rings. The fraction of sp³-hybridized carbons (Fsp3) is 0.500. The fourth-order valence-electron chi connectivity index (χ4n) is 2.97. The van der Waals surface area contributed by atoms with Crippen molar-refractivity contribution in [1.82, 2.24) is 15.0 Å². The van der Waals surface area contributed by atoms with Gasteiger partial charge in [0.2, 0.25) is 23.7 Å². The van der Waals surface area contributed by atoms with E-state index >= 15 is 0 Å².